The maximum absolute atomic E-state index is 8.43. The van der Waals surface area contributed by atoms with E-state index in [9.17, 15) is 0 Å². The van der Waals surface area contributed by atoms with Crippen molar-refractivity contribution >= 4 is 11.6 Å². The van der Waals surface area contributed by atoms with Crippen LogP contribution in [0.3, 0.4) is 0 Å². The van der Waals surface area contributed by atoms with Crippen molar-refractivity contribution in [3.63, 3.8) is 0 Å². The largest absolute Gasteiger partial charge is 0.357 e. The molecule has 0 bridgehead atoms. The smallest absolute Gasteiger partial charge is 0.134 e. The third-order valence-corrected chi connectivity index (χ3v) is 2.14. The predicted molar refractivity (Wildman–Crippen MR) is 59.7 cm³/mol. The van der Waals surface area contributed by atoms with Gasteiger partial charge < -0.3 is 10.2 Å². The summed E-state index contributed by atoms with van der Waals surface area (Å²) in [5.74, 6) is 1.52. The molecule has 0 atom stereocenters. The van der Waals surface area contributed by atoms with Gasteiger partial charge in [0.1, 0.15) is 24.5 Å². The molecule has 0 spiro atoms. The highest BCUT2D eigenvalue weighted by molar-refractivity contribution is 5.48. The SMILES string of the molecule is CC(C)N(C)c1cc(NCC#N)ncn1. The van der Waals surface area contributed by atoms with E-state index < -0.39 is 0 Å². The summed E-state index contributed by atoms with van der Waals surface area (Å²) in [5.41, 5.74) is 0. The van der Waals surface area contributed by atoms with Gasteiger partial charge in [0.2, 0.25) is 0 Å². The van der Waals surface area contributed by atoms with Gasteiger partial charge in [0.05, 0.1) is 6.07 Å². The van der Waals surface area contributed by atoms with Crippen molar-refractivity contribution in [2.45, 2.75) is 19.9 Å². The van der Waals surface area contributed by atoms with Crippen LogP contribution in [0.2, 0.25) is 0 Å². The fourth-order valence-corrected chi connectivity index (χ4v) is 1.03. The molecule has 0 aliphatic heterocycles. The van der Waals surface area contributed by atoms with Crippen LogP contribution in [0, 0.1) is 11.3 Å². The number of hydrogen-bond donors (Lipinski definition) is 1. The number of anilines is 2. The Balaban J connectivity index is 2.79. The summed E-state index contributed by atoms with van der Waals surface area (Å²) in [6.45, 7) is 4.43. The molecule has 1 rings (SSSR count). The highest BCUT2D eigenvalue weighted by atomic mass is 15.2. The van der Waals surface area contributed by atoms with E-state index in [4.69, 9.17) is 5.26 Å². The maximum atomic E-state index is 8.43. The van der Waals surface area contributed by atoms with Crippen molar-refractivity contribution < 1.29 is 0 Å². The van der Waals surface area contributed by atoms with Gasteiger partial charge in [0.15, 0.2) is 0 Å². The Hall–Kier alpha value is -1.83. The monoisotopic (exact) mass is 205 g/mol. The molecule has 0 saturated heterocycles. The van der Waals surface area contributed by atoms with Gasteiger partial charge in [-0.15, -0.1) is 0 Å². The zero-order valence-corrected chi connectivity index (χ0v) is 9.23. The third-order valence-electron chi connectivity index (χ3n) is 2.14. The van der Waals surface area contributed by atoms with Gasteiger partial charge in [0.25, 0.3) is 0 Å². The van der Waals surface area contributed by atoms with Crippen LogP contribution in [0.1, 0.15) is 13.8 Å². The number of nitrogens with one attached hydrogen (secondary N) is 1. The second-order valence-electron chi connectivity index (χ2n) is 3.48. The van der Waals surface area contributed by atoms with Crippen molar-refractivity contribution in [2.75, 3.05) is 23.8 Å². The van der Waals surface area contributed by atoms with Gasteiger partial charge >= 0.3 is 0 Å². The Bertz CT molecular complexity index is 355. The topological polar surface area (TPSA) is 64.8 Å². The van der Waals surface area contributed by atoms with Crippen molar-refractivity contribution in [2.24, 2.45) is 0 Å². The zero-order chi connectivity index (χ0) is 11.3. The van der Waals surface area contributed by atoms with E-state index in [2.05, 4.69) is 29.1 Å². The van der Waals surface area contributed by atoms with Crippen molar-refractivity contribution in [3.8, 4) is 6.07 Å². The van der Waals surface area contributed by atoms with Gasteiger partial charge in [-0.2, -0.15) is 5.26 Å². The molecule has 80 valence electrons. The highest BCUT2D eigenvalue weighted by Gasteiger charge is 2.06. The molecule has 1 aromatic heterocycles. The summed E-state index contributed by atoms with van der Waals surface area (Å²) >= 11 is 0. The van der Waals surface area contributed by atoms with Gasteiger partial charge in [-0.3, -0.25) is 0 Å². The minimum Gasteiger partial charge on any atom is -0.357 e. The maximum Gasteiger partial charge on any atom is 0.134 e. The standard InChI is InChI=1S/C10H15N5/c1-8(2)15(3)10-6-9(12-5-4-11)13-7-14-10/h6-8H,5H2,1-3H3,(H,12,13,14). The Morgan fingerprint density at radius 1 is 1.53 bits per heavy atom. The average Bonchev–Trinajstić information content (AvgIpc) is 2.25. The van der Waals surface area contributed by atoms with Crippen LogP contribution in [0.4, 0.5) is 11.6 Å². The number of hydrogen-bond acceptors (Lipinski definition) is 5. The van der Waals surface area contributed by atoms with Crippen LogP contribution in [0.5, 0.6) is 0 Å². The van der Waals surface area contributed by atoms with Crippen LogP contribution in [-0.2, 0) is 0 Å². The lowest BCUT2D eigenvalue weighted by Gasteiger charge is -2.22. The van der Waals surface area contributed by atoms with E-state index in [1.54, 1.807) is 0 Å². The lowest BCUT2D eigenvalue weighted by atomic mass is 10.3. The molecule has 5 heteroatoms. The molecule has 5 nitrogen and oxygen atoms in total. The first-order chi connectivity index (χ1) is 7.15. The second kappa shape index (κ2) is 5.15. The predicted octanol–water partition coefficient (Wildman–Crippen LogP) is 1.26. The number of nitriles is 1. The van der Waals surface area contributed by atoms with Gasteiger partial charge in [-0.25, -0.2) is 9.97 Å². The zero-order valence-electron chi connectivity index (χ0n) is 9.23. The van der Waals surface area contributed by atoms with E-state index >= 15 is 0 Å². The van der Waals surface area contributed by atoms with Gasteiger partial charge in [-0.1, -0.05) is 0 Å². The van der Waals surface area contributed by atoms with E-state index in [0.717, 1.165) is 5.82 Å². The first-order valence-corrected chi connectivity index (χ1v) is 4.81. The Labute approximate surface area is 89.8 Å². The molecular formula is C10H15N5. The minimum atomic E-state index is 0.252. The van der Waals surface area contributed by atoms with Crippen molar-refractivity contribution in [3.05, 3.63) is 12.4 Å². The normalized spacial score (nSPS) is 9.80. The Morgan fingerprint density at radius 2 is 2.27 bits per heavy atom. The second-order valence-corrected chi connectivity index (χ2v) is 3.48. The lowest BCUT2D eigenvalue weighted by molar-refractivity contribution is 0.741. The minimum absolute atomic E-state index is 0.252. The fraction of sp³-hybridized carbons (Fsp3) is 0.500. The molecule has 0 aliphatic carbocycles. The molecule has 1 aromatic rings. The van der Waals surface area contributed by atoms with Crippen LogP contribution in [0.15, 0.2) is 12.4 Å². The molecule has 1 N–H and O–H groups in total. The molecule has 0 aromatic carbocycles. The van der Waals surface area contributed by atoms with Gasteiger partial charge in [0, 0.05) is 19.2 Å². The highest BCUT2D eigenvalue weighted by Crippen LogP contribution is 2.14. The summed E-state index contributed by atoms with van der Waals surface area (Å²) in [7, 11) is 1.97. The molecule has 0 amide bonds. The molecule has 0 saturated carbocycles. The summed E-state index contributed by atoms with van der Waals surface area (Å²) in [6.07, 6.45) is 1.49. The molecule has 15 heavy (non-hydrogen) atoms. The summed E-state index contributed by atoms with van der Waals surface area (Å²) in [6, 6.07) is 4.21. The van der Waals surface area contributed by atoms with E-state index in [1.807, 2.05) is 24.1 Å². The van der Waals surface area contributed by atoms with Crippen LogP contribution >= 0.6 is 0 Å². The van der Waals surface area contributed by atoms with Crippen molar-refractivity contribution in [1.82, 2.24) is 9.97 Å². The van der Waals surface area contributed by atoms with E-state index in [1.165, 1.54) is 6.33 Å². The lowest BCUT2D eigenvalue weighted by Crippen LogP contribution is -2.26. The first-order valence-electron chi connectivity index (χ1n) is 4.81. The number of aromatic nitrogens is 2. The summed E-state index contributed by atoms with van der Waals surface area (Å²) in [4.78, 5) is 10.2. The molecule has 1 heterocycles. The molecule has 0 fully saturated rings. The molecular weight excluding hydrogens is 190 g/mol. The Kier molecular flexibility index (Phi) is 3.86. The summed E-state index contributed by atoms with van der Waals surface area (Å²) in [5, 5.41) is 11.3. The average molecular weight is 205 g/mol. The molecule has 0 radical (unpaired) electrons. The quantitative estimate of drug-likeness (QED) is 0.749. The van der Waals surface area contributed by atoms with Crippen molar-refractivity contribution in [1.29, 1.82) is 5.26 Å². The summed E-state index contributed by atoms with van der Waals surface area (Å²) < 4.78 is 0. The van der Waals surface area contributed by atoms with Crippen LogP contribution in [-0.4, -0.2) is 29.6 Å². The van der Waals surface area contributed by atoms with E-state index in [0.29, 0.717) is 11.9 Å². The Morgan fingerprint density at radius 3 is 2.87 bits per heavy atom. The first kappa shape index (κ1) is 11.2. The number of nitrogens with zero attached hydrogens (tertiary/aromatic N) is 4. The molecule has 0 aliphatic rings. The van der Waals surface area contributed by atoms with E-state index in [-0.39, 0.29) is 6.54 Å². The number of rotatable bonds is 4. The fourth-order valence-electron chi connectivity index (χ4n) is 1.03. The van der Waals surface area contributed by atoms with Crippen LogP contribution < -0.4 is 10.2 Å². The van der Waals surface area contributed by atoms with Gasteiger partial charge in [-0.05, 0) is 13.8 Å². The van der Waals surface area contributed by atoms with Crippen LogP contribution in [0.25, 0.3) is 0 Å². The third kappa shape index (κ3) is 3.09. The molecule has 0 unspecified atom stereocenters.